The first-order valence-corrected chi connectivity index (χ1v) is 8.98. The first kappa shape index (κ1) is 16.3. The SMILES string of the molecule is COc1ccc(CN2CCC(C)(C)S(=O)(=O)CC2)cc1C. The van der Waals surface area contributed by atoms with Crippen molar-refractivity contribution >= 4 is 9.84 Å². The van der Waals surface area contributed by atoms with E-state index in [1.54, 1.807) is 7.11 Å². The maximum Gasteiger partial charge on any atom is 0.156 e. The van der Waals surface area contributed by atoms with Crippen LogP contribution in [0.4, 0.5) is 0 Å². The van der Waals surface area contributed by atoms with Crippen LogP contribution >= 0.6 is 0 Å². The Balaban J connectivity index is 2.09. The maximum atomic E-state index is 12.2. The summed E-state index contributed by atoms with van der Waals surface area (Å²) in [6, 6.07) is 6.14. The number of hydrogen-bond donors (Lipinski definition) is 0. The van der Waals surface area contributed by atoms with Gasteiger partial charge in [-0.2, -0.15) is 0 Å². The van der Waals surface area contributed by atoms with Gasteiger partial charge in [0.15, 0.2) is 9.84 Å². The van der Waals surface area contributed by atoms with Crippen molar-refractivity contribution < 1.29 is 13.2 Å². The molecular weight excluding hydrogens is 286 g/mol. The van der Waals surface area contributed by atoms with Crippen molar-refractivity contribution in [3.05, 3.63) is 29.3 Å². The molecule has 0 N–H and O–H groups in total. The highest BCUT2D eigenvalue weighted by atomic mass is 32.2. The molecule has 1 aromatic rings. The minimum absolute atomic E-state index is 0.245. The van der Waals surface area contributed by atoms with Gasteiger partial charge in [0, 0.05) is 19.6 Å². The van der Waals surface area contributed by atoms with E-state index in [1.165, 1.54) is 5.56 Å². The summed E-state index contributed by atoms with van der Waals surface area (Å²) < 4.78 is 29.1. The quantitative estimate of drug-likeness (QED) is 0.860. The van der Waals surface area contributed by atoms with Gasteiger partial charge in [-0.1, -0.05) is 12.1 Å². The first-order valence-electron chi connectivity index (χ1n) is 7.33. The second kappa shape index (κ2) is 5.97. The van der Waals surface area contributed by atoms with E-state index in [9.17, 15) is 8.42 Å². The van der Waals surface area contributed by atoms with Gasteiger partial charge in [0.05, 0.1) is 17.6 Å². The Morgan fingerprint density at radius 1 is 1.29 bits per heavy atom. The molecule has 0 saturated carbocycles. The molecule has 0 amide bonds. The lowest BCUT2D eigenvalue weighted by Crippen LogP contribution is -2.33. The van der Waals surface area contributed by atoms with Crippen molar-refractivity contribution in [1.82, 2.24) is 4.90 Å². The van der Waals surface area contributed by atoms with E-state index in [0.717, 1.165) is 24.4 Å². The Hall–Kier alpha value is -1.07. The standard InChI is InChI=1S/C16H25NO3S/c1-13-11-14(5-6-15(13)20-4)12-17-8-7-16(2,3)21(18,19)10-9-17/h5-6,11H,7-10,12H2,1-4H3. The van der Waals surface area contributed by atoms with Gasteiger partial charge in [-0.25, -0.2) is 8.42 Å². The van der Waals surface area contributed by atoms with Crippen molar-refractivity contribution in [3.8, 4) is 5.75 Å². The Labute approximate surface area is 128 Å². The molecule has 5 heteroatoms. The average Bonchev–Trinajstić information content (AvgIpc) is 2.50. The number of aryl methyl sites for hydroxylation is 1. The summed E-state index contributed by atoms with van der Waals surface area (Å²) in [6.07, 6.45) is 0.685. The largest absolute Gasteiger partial charge is 0.496 e. The van der Waals surface area contributed by atoms with E-state index in [4.69, 9.17) is 4.74 Å². The summed E-state index contributed by atoms with van der Waals surface area (Å²) in [5, 5.41) is 0. The van der Waals surface area contributed by atoms with Gasteiger partial charge < -0.3 is 4.74 Å². The molecule has 118 valence electrons. The third-order valence-corrected chi connectivity index (χ3v) is 7.02. The number of ether oxygens (including phenoxy) is 1. The van der Waals surface area contributed by atoms with Crippen LogP contribution in [-0.4, -0.2) is 44.0 Å². The molecule has 0 radical (unpaired) electrons. The van der Waals surface area contributed by atoms with Crippen molar-refractivity contribution in [1.29, 1.82) is 0 Å². The zero-order valence-corrected chi connectivity index (χ0v) is 14.2. The summed E-state index contributed by atoms with van der Waals surface area (Å²) in [5.41, 5.74) is 2.31. The molecule has 0 bridgehead atoms. The maximum absolute atomic E-state index is 12.2. The number of hydrogen-bond acceptors (Lipinski definition) is 4. The second-order valence-electron chi connectivity index (χ2n) is 6.41. The summed E-state index contributed by atoms with van der Waals surface area (Å²) in [6.45, 7) is 7.91. The molecule has 0 atom stereocenters. The van der Waals surface area contributed by atoms with Crippen molar-refractivity contribution in [2.24, 2.45) is 0 Å². The summed E-state index contributed by atoms with van der Waals surface area (Å²) in [7, 11) is -1.33. The molecule has 1 aliphatic rings. The van der Waals surface area contributed by atoms with Crippen LogP contribution in [0.5, 0.6) is 5.75 Å². The molecule has 0 aliphatic carbocycles. The molecule has 1 fully saturated rings. The minimum Gasteiger partial charge on any atom is -0.496 e. The van der Waals surface area contributed by atoms with Crippen LogP contribution < -0.4 is 4.74 Å². The second-order valence-corrected chi connectivity index (χ2v) is 9.15. The minimum atomic E-state index is -3.00. The smallest absolute Gasteiger partial charge is 0.156 e. The highest BCUT2D eigenvalue weighted by Gasteiger charge is 2.36. The third-order valence-electron chi connectivity index (χ3n) is 4.41. The van der Waals surface area contributed by atoms with E-state index in [0.29, 0.717) is 13.0 Å². The summed E-state index contributed by atoms with van der Waals surface area (Å²) >= 11 is 0. The van der Waals surface area contributed by atoms with E-state index >= 15 is 0 Å². The molecule has 0 spiro atoms. The topological polar surface area (TPSA) is 46.6 Å². The lowest BCUT2D eigenvalue weighted by molar-refractivity contribution is 0.276. The molecule has 21 heavy (non-hydrogen) atoms. The molecule has 1 aromatic carbocycles. The van der Waals surface area contributed by atoms with Gasteiger partial charge in [-0.3, -0.25) is 4.90 Å². The van der Waals surface area contributed by atoms with Crippen molar-refractivity contribution in [3.63, 3.8) is 0 Å². The Morgan fingerprint density at radius 2 is 2.00 bits per heavy atom. The molecule has 1 aliphatic heterocycles. The Morgan fingerprint density at radius 3 is 2.62 bits per heavy atom. The predicted octanol–water partition coefficient (Wildman–Crippen LogP) is 2.40. The fourth-order valence-corrected chi connectivity index (χ4v) is 4.13. The van der Waals surface area contributed by atoms with E-state index in [2.05, 4.69) is 17.0 Å². The Bertz CT molecular complexity index is 608. The van der Waals surface area contributed by atoms with Crippen LogP contribution in [0.3, 0.4) is 0 Å². The molecule has 1 heterocycles. The van der Waals surface area contributed by atoms with Crippen LogP contribution in [0.1, 0.15) is 31.4 Å². The summed E-state index contributed by atoms with van der Waals surface area (Å²) in [5.74, 6) is 1.13. The highest BCUT2D eigenvalue weighted by Crippen LogP contribution is 2.26. The van der Waals surface area contributed by atoms with Crippen molar-refractivity contribution in [2.45, 2.75) is 38.5 Å². The highest BCUT2D eigenvalue weighted by molar-refractivity contribution is 7.92. The zero-order chi connectivity index (χ0) is 15.7. The van der Waals surface area contributed by atoms with Gasteiger partial charge in [0.2, 0.25) is 0 Å². The first-order chi connectivity index (χ1) is 9.75. The number of rotatable bonds is 3. The van der Waals surface area contributed by atoms with E-state index in [-0.39, 0.29) is 5.75 Å². The summed E-state index contributed by atoms with van der Waals surface area (Å²) in [4.78, 5) is 2.23. The van der Waals surface area contributed by atoms with Crippen LogP contribution in [0.15, 0.2) is 18.2 Å². The average molecular weight is 311 g/mol. The van der Waals surface area contributed by atoms with Gasteiger partial charge in [0.1, 0.15) is 5.75 Å². The lowest BCUT2D eigenvalue weighted by atomic mass is 10.1. The van der Waals surface area contributed by atoms with Gasteiger partial charge >= 0.3 is 0 Å². The van der Waals surface area contributed by atoms with Crippen LogP contribution in [0.25, 0.3) is 0 Å². The van der Waals surface area contributed by atoms with Crippen LogP contribution in [0, 0.1) is 6.92 Å². The fraction of sp³-hybridized carbons (Fsp3) is 0.625. The molecule has 4 nitrogen and oxygen atoms in total. The zero-order valence-electron chi connectivity index (χ0n) is 13.3. The lowest BCUT2D eigenvalue weighted by Gasteiger charge is -2.22. The van der Waals surface area contributed by atoms with Crippen LogP contribution in [0.2, 0.25) is 0 Å². The number of sulfone groups is 1. The fourth-order valence-electron chi connectivity index (χ4n) is 2.68. The third kappa shape index (κ3) is 3.58. The van der Waals surface area contributed by atoms with Crippen molar-refractivity contribution in [2.75, 3.05) is 26.0 Å². The monoisotopic (exact) mass is 311 g/mol. The van der Waals surface area contributed by atoms with Gasteiger partial charge in [-0.15, -0.1) is 0 Å². The molecule has 0 aromatic heterocycles. The van der Waals surface area contributed by atoms with E-state index in [1.807, 2.05) is 26.8 Å². The molecule has 1 saturated heterocycles. The van der Waals surface area contributed by atoms with Gasteiger partial charge in [-0.05, 0) is 44.4 Å². The normalized spacial score (nSPS) is 21.7. The molecule has 0 unspecified atom stereocenters. The number of nitrogens with zero attached hydrogens (tertiary/aromatic N) is 1. The predicted molar refractivity (Wildman–Crippen MR) is 85.5 cm³/mol. The van der Waals surface area contributed by atoms with E-state index < -0.39 is 14.6 Å². The molecule has 2 rings (SSSR count). The number of methoxy groups -OCH3 is 1. The van der Waals surface area contributed by atoms with Gasteiger partial charge in [0.25, 0.3) is 0 Å². The Kier molecular flexibility index (Phi) is 4.63. The van der Waals surface area contributed by atoms with Crippen LogP contribution in [-0.2, 0) is 16.4 Å². The number of benzene rings is 1. The molecular formula is C16H25NO3S.